The fourth-order valence-electron chi connectivity index (χ4n) is 1.49. The van der Waals surface area contributed by atoms with Crippen molar-refractivity contribution in [2.45, 2.75) is 12.6 Å². The number of benzene rings is 1. The van der Waals surface area contributed by atoms with Gasteiger partial charge in [-0.1, -0.05) is 30.3 Å². The molecule has 0 aromatic heterocycles. The topological polar surface area (TPSA) is 131 Å². The Bertz CT molecular complexity index is 506. The number of aliphatic carboxylic acids is 1. The third kappa shape index (κ3) is 7.36. The predicted molar refractivity (Wildman–Crippen MR) is 77.7 cm³/mol. The van der Waals surface area contributed by atoms with E-state index in [2.05, 4.69) is 10.6 Å². The number of hydrogen-bond donors (Lipinski definition) is 4. The monoisotopic (exact) mass is 309 g/mol. The molecule has 5 N–H and O–H groups in total. The second kappa shape index (κ2) is 9.48. The van der Waals surface area contributed by atoms with E-state index in [0.717, 1.165) is 5.56 Å². The average molecular weight is 309 g/mol. The Hall–Kier alpha value is -2.45. The molecule has 2 amide bonds. The molecular weight excluding hydrogens is 290 g/mol. The van der Waals surface area contributed by atoms with E-state index in [1.54, 1.807) is 0 Å². The molecule has 0 aliphatic heterocycles. The molecule has 0 bridgehead atoms. The molecule has 1 aromatic rings. The largest absolute Gasteiger partial charge is 0.480 e. The molecule has 0 saturated carbocycles. The second-order valence-electron chi connectivity index (χ2n) is 4.50. The molecule has 8 heteroatoms. The molecule has 0 heterocycles. The Kier molecular flexibility index (Phi) is 7.58. The van der Waals surface area contributed by atoms with Crippen LogP contribution in [0.3, 0.4) is 0 Å². The first-order chi connectivity index (χ1) is 10.5. The van der Waals surface area contributed by atoms with E-state index in [-0.39, 0.29) is 13.2 Å². The molecule has 0 spiro atoms. The lowest BCUT2D eigenvalue weighted by molar-refractivity contribution is -0.137. The minimum atomic E-state index is -1.16. The summed E-state index contributed by atoms with van der Waals surface area (Å²) < 4.78 is 5.32. The van der Waals surface area contributed by atoms with Crippen LogP contribution < -0.4 is 16.4 Å². The summed E-state index contributed by atoms with van der Waals surface area (Å²) in [6.07, 6.45) is 0. The van der Waals surface area contributed by atoms with E-state index >= 15 is 0 Å². The van der Waals surface area contributed by atoms with Gasteiger partial charge in [-0.25, -0.2) is 0 Å². The van der Waals surface area contributed by atoms with Gasteiger partial charge in [-0.05, 0) is 5.56 Å². The highest BCUT2D eigenvalue weighted by atomic mass is 16.5. The van der Waals surface area contributed by atoms with Crippen molar-refractivity contribution in [3.8, 4) is 0 Å². The molecule has 0 fully saturated rings. The van der Waals surface area contributed by atoms with E-state index in [1.807, 2.05) is 30.3 Å². The highest BCUT2D eigenvalue weighted by Crippen LogP contribution is 2.00. The van der Waals surface area contributed by atoms with Crippen molar-refractivity contribution in [1.82, 2.24) is 10.6 Å². The van der Waals surface area contributed by atoms with Crippen molar-refractivity contribution in [2.75, 3.05) is 19.7 Å². The van der Waals surface area contributed by atoms with Crippen LogP contribution in [0.2, 0.25) is 0 Å². The first-order valence-electron chi connectivity index (χ1n) is 6.62. The second-order valence-corrected chi connectivity index (χ2v) is 4.50. The van der Waals surface area contributed by atoms with E-state index in [0.29, 0.717) is 6.61 Å². The lowest BCUT2D eigenvalue weighted by Gasteiger charge is -2.12. The summed E-state index contributed by atoms with van der Waals surface area (Å²) in [6, 6.07) is 8.51. The first kappa shape index (κ1) is 17.6. The summed E-state index contributed by atoms with van der Waals surface area (Å²) in [6.45, 7) is -0.488. The van der Waals surface area contributed by atoms with Crippen molar-refractivity contribution in [3.63, 3.8) is 0 Å². The molecule has 0 unspecified atom stereocenters. The standard InChI is InChI=1S/C14H19N3O5/c15-11(9-22-8-10-4-2-1-3-5-10)14(21)17-6-12(18)16-7-13(19)20/h1-5,11H,6-9,15H2,(H,16,18)(H,17,21)(H,19,20)/t11-/m1/s1. The first-order valence-corrected chi connectivity index (χ1v) is 6.62. The number of carbonyl (C=O) groups excluding carboxylic acids is 2. The van der Waals surface area contributed by atoms with Crippen LogP contribution in [-0.4, -0.2) is 48.6 Å². The maximum atomic E-state index is 11.6. The number of nitrogens with one attached hydrogen (secondary N) is 2. The molecule has 1 rings (SSSR count). The molecule has 1 atom stereocenters. The fraction of sp³-hybridized carbons (Fsp3) is 0.357. The van der Waals surface area contributed by atoms with Gasteiger partial charge >= 0.3 is 5.97 Å². The van der Waals surface area contributed by atoms with Crippen LogP contribution in [0, 0.1) is 0 Å². The Morgan fingerprint density at radius 1 is 1.14 bits per heavy atom. The van der Waals surface area contributed by atoms with Crippen LogP contribution in [0.5, 0.6) is 0 Å². The number of carbonyl (C=O) groups is 3. The summed E-state index contributed by atoms with van der Waals surface area (Å²) in [5.41, 5.74) is 6.59. The number of rotatable bonds is 9. The maximum Gasteiger partial charge on any atom is 0.322 e. The van der Waals surface area contributed by atoms with E-state index < -0.39 is 30.4 Å². The zero-order valence-corrected chi connectivity index (χ0v) is 12.0. The molecular formula is C14H19N3O5. The lowest BCUT2D eigenvalue weighted by atomic mass is 10.2. The van der Waals surface area contributed by atoms with Gasteiger partial charge in [0.1, 0.15) is 12.6 Å². The SMILES string of the molecule is N[C@H](COCc1ccccc1)C(=O)NCC(=O)NCC(=O)O. The van der Waals surface area contributed by atoms with Gasteiger partial charge in [-0.3, -0.25) is 14.4 Å². The fourth-order valence-corrected chi connectivity index (χ4v) is 1.49. The minimum absolute atomic E-state index is 0.0114. The van der Waals surface area contributed by atoms with Gasteiger partial charge in [0.15, 0.2) is 0 Å². The van der Waals surface area contributed by atoms with Crippen LogP contribution in [-0.2, 0) is 25.7 Å². The third-order valence-electron chi connectivity index (χ3n) is 2.61. The van der Waals surface area contributed by atoms with Gasteiger partial charge in [-0.15, -0.1) is 0 Å². The van der Waals surface area contributed by atoms with Gasteiger partial charge in [0, 0.05) is 0 Å². The maximum absolute atomic E-state index is 11.6. The summed E-state index contributed by atoms with van der Waals surface area (Å²) in [5.74, 6) is -2.31. The summed E-state index contributed by atoms with van der Waals surface area (Å²) in [4.78, 5) is 33.1. The smallest absolute Gasteiger partial charge is 0.322 e. The molecule has 0 radical (unpaired) electrons. The van der Waals surface area contributed by atoms with E-state index in [1.165, 1.54) is 0 Å². The molecule has 22 heavy (non-hydrogen) atoms. The van der Waals surface area contributed by atoms with Gasteiger partial charge in [0.05, 0.1) is 19.8 Å². The number of carboxylic acid groups (broad SMARTS) is 1. The van der Waals surface area contributed by atoms with E-state index in [9.17, 15) is 14.4 Å². The minimum Gasteiger partial charge on any atom is -0.480 e. The zero-order valence-electron chi connectivity index (χ0n) is 12.0. The normalized spacial score (nSPS) is 11.5. The van der Waals surface area contributed by atoms with Crippen LogP contribution in [0.15, 0.2) is 30.3 Å². The number of carboxylic acids is 1. The molecule has 8 nitrogen and oxygen atoms in total. The van der Waals surface area contributed by atoms with Gasteiger partial charge < -0.3 is 26.2 Å². The Morgan fingerprint density at radius 3 is 2.45 bits per heavy atom. The Balaban J connectivity index is 2.19. The molecule has 0 aliphatic carbocycles. The van der Waals surface area contributed by atoms with Gasteiger partial charge in [-0.2, -0.15) is 0 Å². The third-order valence-corrected chi connectivity index (χ3v) is 2.61. The van der Waals surface area contributed by atoms with Crippen LogP contribution >= 0.6 is 0 Å². The molecule has 1 aromatic carbocycles. The zero-order chi connectivity index (χ0) is 16.4. The van der Waals surface area contributed by atoms with Crippen LogP contribution in [0.1, 0.15) is 5.56 Å². The van der Waals surface area contributed by atoms with Crippen molar-refractivity contribution < 1.29 is 24.2 Å². The van der Waals surface area contributed by atoms with Crippen molar-refractivity contribution in [1.29, 1.82) is 0 Å². The van der Waals surface area contributed by atoms with Crippen LogP contribution in [0.25, 0.3) is 0 Å². The molecule has 120 valence electrons. The summed E-state index contributed by atoms with van der Waals surface area (Å²) in [5, 5.41) is 12.8. The van der Waals surface area contributed by atoms with Gasteiger partial charge in [0.25, 0.3) is 0 Å². The summed E-state index contributed by atoms with van der Waals surface area (Å²) in [7, 11) is 0. The number of ether oxygens (including phenoxy) is 1. The molecule has 0 saturated heterocycles. The van der Waals surface area contributed by atoms with Gasteiger partial charge in [0.2, 0.25) is 11.8 Å². The Morgan fingerprint density at radius 2 is 1.82 bits per heavy atom. The lowest BCUT2D eigenvalue weighted by Crippen LogP contribution is -2.47. The molecule has 0 aliphatic rings. The van der Waals surface area contributed by atoms with E-state index in [4.69, 9.17) is 15.6 Å². The van der Waals surface area contributed by atoms with Crippen LogP contribution in [0.4, 0.5) is 0 Å². The predicted octanol–water partition coefficient (Wildman–Crippen LogP) is -1.15. The van der Waals surface area contributed by atoms with Crippen molar-refractivity contribution >= 4 is 17.8 Å². The van der Waals surface area contributed by atoms with Crippen molar-refractivity contribution in [2.24, 2.45) is 5.73 Å². The summed E-state index contributed by atoms with van der Waals surface area (Å²) >= 11 is 0. The number of nitrogens with two attached hydrogens (primary N) is 1. The number of amides is 2. The number of hydrogen-bond acceptors (Lipinski definition) is 5. The average Bonchev–Trinajstić information content (AvgIpc) is 2.51. The highest BCUT2D eigenvalue weighted by Gasteiger charge is 2.14. The highest BCUT2D eigenvalue weighted by molar-refractivity contribution is 5.88. The van der Waals surface area contributed by atoms with Crippen molar-refractivity contribution in [3.05, 3.63) is 35.9 Å². The quantitative estimate of drug-likeness (QED) is 0.455. The Labute approximate surface area is 127 Å².